The van der Waals surface area contributed by atoms with Gasteiger partial charge in [-0.3, -0.25) is 4.79 Å². The molecule has 1 amide bonds. The molecule has 0 spiro atoms. The molecule has 1 atom stereocenters. The lowest BCUT2D eigenvalue weighted by atomic mass is 10.0. The van der Waals surface area contributed by atoms with Crippen molar-refractivity contribution in [3.63, 3.8) is 0 Å². The predicted molar refractivity (Wildman–Crippen MR) is 117 cm³/mol. The SMILES string of the molecule is COc1ccc(S(=O)(=O)N2CCC(C)CC2)cc1C(=O)N1c2ccccc2C[C@H]1C. The van der Waals surface area contributed by atoms with Crippen molar-refractivity contribution in [1.29, 1.82) is 0 Å². The van der Waals surface area contributed by atoms with Crippen LogP contribution in [0.4, 0.5) is 5.69 Å². The Bertz CT molecular complexity index is 1060. The van der Waals surface area contributed by atoms with Gasteiger partial charge in [0.2, 0.25) is 10.0 Å². The van der Waals surface area contributed by atoms with Gasteiger partial charge in [-0.1, -0.05) is 25.1 Å². The second kappa shape index (κ2) is 8.04. The largest absolute Gasteiger partial charge is 0.496 e. The zero-order valence-electron chi connectivity index (χ0n) is 17.7. The molecule has 7 heteroatoms. The van der Waals surface area contributed by atoms with Gasteiger partial charge >= 0.3 is 0 Å². The fourth-order valence-corrected chi connectivity index (χ4v) is 5.89. The van der Waals surface area contributed by atoms with Gasteiger partial charge < -0.3 is 9.64 Å². The topological polar surface area (TPSA) is 66.9 Å². The maximum Gasteiger partial charge on any atom is 0.262 e. The van der Waals surface area contributed by atoms with Crippen molar-refractivity contribution in [1.82, 2.24) is 4.31 Å². The Morgan fingerprint density at radius 3 is 2.47 bits per heavy atom. The van der Waals surface area contributed by atoms with Crippen molar-refractivity contribution in [2.75, 3.05) is 25.1 Å². The molecule has 0 aromatic heterocycles. The minimum Gasteiger partial charge on any atom is -0.496 e. The molecular formula is C23H28N2O4S. The molecule has 2 aromatic rings. The quantitative estimate of drug-likeness (QED) is 0.745. The molecule has 0 saturated carbocycles. The molecule has 160 valence electrons. The summed E-state index contributed by atoms with van der Waals surface area (Å²) in [5.41, 5.74) is 2.26. The van der Waals surface area contributed by atoms with E-state index in [0.717, 1.165) is 30.5 Å². The van der Waals surface area contributed by atoms with Gasteiger partial charge in [0.15, 0.2) is 0 Å². The lowest BCUT2D eigenvalue weighted by Crippen LogP contribution is -2.38. The van der Waals surface area contributed by atoms with Gasteiger partial charge in [0.1, 0.15) is 5.75 Å². The first-order chi connectivity index (χ1) is 14.3. The van der Waals surface area contributed by atoms with Crippen LogP contribution in [0.15, 0.2) is 47.4 Å². The highest BCUT2D eigenvalue weighted by molar-refractivity contribution is 7.89. The van der Waals surface area contributed by atoms with Gasteiger partial charge in [0.25, 0.3) is 5.91 Å². The number of para-hydroxylation sites is 1. The van der Waals surface area contributed by atoms with Crippen LogP contribution in [0.1, 0.15) is 42.6 Å². The Morgan fingerprint density at radius 1 is 1.07 bits per heavy atom. The zero-order chi connectivity index (χ0) is 21.5. The highest BCUT2D eigenvalue weighted by Crippen LogP contribution is 2.35. The number of anilines is 1. The van der Waals surface area contributed by atoms with Gasteiger partial charge in [0, 0.05) is 24.8 Å². The Hall–Kier alpha value is -2.38. The number of benzene rings is 2. The molecule has 2 aliphatic rings. The normalized spacial score (nSPS) is 20.2. The van der Waals surface area contributed by atoms with Crippen molar-refractivity contribution in [2.45, 2.75) is 44.0 Å². The van der Waals surface area contributed by atoms with E-state index >= 15 is 0 Å². The first-order valence-electron chi connectivity index (χ1n) is 10.4. The van der Waals surface area contributed by atoms with E-state index < -0.39 is 10.0 Å². The second-order valence-corrected chi connectivity index (χ2v) is 10.2. The van der Waals surface area contributed by atoms with Gasteiger partial charge in [-0.2, -0.15) is 4.31 Å². The maximum atomic E-state index is 13.5. The molecule has 1 saturated heterocycles. The van der Waals surface area contributed by atoms with E-state index in [1.807, 2.05) is 31.2 Å². The van der Waals surface area contributed by atoms with E-state index in [2.05, 4.69) is 6.92 Å². The molecule has 2 aliphatic heterocycles. The molecule has 0 bridgehead atoms. The Kier molecular flexibility index (Phi) is 5.59. The minimum absolute atomic E-state index is 0.0107. The zero-order valence-corrected chi connectivity index (χ0v) is 18.5. The lowest BCUT2D eigenvalue weighted by Gasteiger charge is -2.29. The number of fused-ring (bicyclic) bond motifs is 1. The van der Waals surface area contributed by atoms with Gasteiger partial charge in [-0.05, 0) is 61.9 Å². The highest BCUT2D eigenvalue weighted by Gasteiger charge is 2.34. The minimum atomic E-state index is -3.66. The third-order valence-electron chi connectivity index (χ3n) is 6.21. The van der Waals surface area contributed by atoms with Crippen LogP contribution in [0, 0.1) is 5.92 Å². The summed E-state index contributed by atoms with van der Waals surface area (Å²) in [4.78, 5) is 15.4. The van der Waals surface area contributed by atoms with Crippen molar-refractivity contribution < 1.29 is 17.9 Å². The first-order valence-corrected chi connectivity index (χ1v) is 11.9. The predicted octanol–water partition coefficient (Wildman–Crippen LogP) is 3.71. The number of ether oxygens (including phenoxy) is 1. The molecule has 0 unspecified atom stereocenters. The van der Waals surface area contributed by atoms with Crippen molar-refractivity contribution in [2.24, 2.45) is 5.92 Å². The number of hydrogen-bond donors (Lipinski definition) is 0. The molecule has 30 heavy (non-hydrogen) atoms. The van der Waals surface area contributed by atoms with E-state index in [9.17, 15) is 13.2 Å². The summed E-state index contributed by atoms with van der Waals surface area (Å²) in [5, 5.41) is 0. The summed E-state index contributed by atoms with van der Waals surface area (Å²) in [6, 6.07) is 12.4. The van der Waals surface area contributed by atoms with Crippen LogP contribution in [-0.2, 0) is 16.4 Å². The molecule has 2 heterocycles. The monoisotopic (exact) mass is 428 g/mol. The summed E-state index contributed by atoms with van der Waals surface area (Å²) in [6.45, 7) is 5.16. The molecule has 1 fully saturated rings. The summed E-state index contributed by atoms with van der Waals surface area (Å²) >= 11 is 0. The van der Waals surface area contributed by atoms with Crippen molar-refractivity contribution in [3.8, 4) is 5.75 Å². The van der Waals surface area contributed by atoms with Gasteiger partial charge in [-0.15, -0.1) is 0 Å². The number of rotatable bonds is 4. The van der Waals surface area contributed by atoms with Crippen molar-refractivity contribution in [3.05, 3.63) is 53.6 Å². The standard InChI is InChI=1S/C23H28N2O4S/c1-16-10-12-24(13-11-16)30(27,28)19-8-9-22(29-3)20(15-19)23(26)25-17(2)14-18-6-4-5-7-21(18)25/h4-9,15-17H,10-14H2,1-3H3/t17-/m1/s1. The highest BCUT2D eigenvalue weighted by atomic mass is 32.2. The average Bonchev–Trinajstić information content (AvgIpc) is 3.08. The summed E-state index contributed by atoms with van der Waals surface area (Å²) in [6.07, 6.45) is 2.47. The molecule has 4 rings (SSSR count). The van der Waals surface area contributed by atoms with E-state index in [0.29, 0.717) is 24.8 Å². The van der Waals surface area contributed by atoms with E-state index in [-0.39, 0.29) is 22.4 Å². The van der Waals surface area contributed by atoms with Gasteiger partial charge in [0.05, 0.1) is 17.6 Å². The third-order valence-corrected chi connectivity index (χ3v) is 8.10. The third kappa shape index (κ3) is 3.61. The van der Waals surface area contributed by atoms with Crippen LogP contribution < -0.4 is 9.64 Å². The van der Waals surface area contributed by atoms with Crippen LogP contribution in [0.25, 0.3) is 0 Å². The fraction of sp³-hybridized carbons (Fsp3) is 0.435. The van der Waals surface area contributed by atoms with Crippen LogP contribution in [0.3, 0.4) is 0 Å². The Labute approximate surface area is 178 Å². The molecule has 6 nitrogen and oxygen atoms in total. The van der Waals surface area contributed by atoms with Crippen LogP contribution in [0.2, 0.25) is 0 Å². The van der Waals surface area contributed by atoms with E-state index in [1.54, 1.807) is 11.0 Å². The van der Waals surface area contributed by atoms with Crippen LogP contribution in [-0.4, -0.2) is 44.9 Å². The molecule has 0 aliphatic carbocycles. The maximum absolute atomic E-state index is 13.5. The Morgan fingerprint density at radius 2 is 1.77 bits per heavy atom. The van der Waals surface area contributed by atoms with E-state index in [1.165, 1.54) is 23.5 Å². The van der Waals surface area contributed by atoms with Gasteiger partial charge in [-0.25, -0.2) is 8.42 Å². The summed E-state index contributed by atoms with van der Waals surface area (Å²) < 4.78 is 33.4. The number of sulfonamides is 1. The number of nitrogens with zero attached hydrogens (tertiary/aromatic N) is 2. The lowest BCUT2D eigenvalue weighted by molar-refractivity contribution is 0.0978. The fourth-order valence-electron chi connectivity index (χ4n) is 4.39. The van der Waals surface area contributed by atoms with Crippen LogP contribution >= 0.6 is 0 Å². The van der Waals surface area contributed by atoms with Crippen molar-refractivity contribution >= 4 is 21.6 Å². The summed E-state index contributed by atoms with van der Waals surface area (Å²) in [7, 11) is -2.16. The van der Waals surface area contributed by atoms with E-state index in [4.69, 9.17) is 4.74 Å². The average molecular weight is 429 g/mol. The number of carbonyl (C=O) groups is 1. The number of hydrogen-bond acceptors (Lipinski definition) is 4. The van der Waals surface area contributed by atoms with Crippen LogP contribution in [0.5, 0.6) is 5.75 Å². The second-order valence-electron chi connectivity index (χ2n) is 8.31. The number of amides is 1. The molecule has 0 N–H and O–H groups in total. The molecule has 0 radical (unpaired) electrons. The molecular weight excluding hydrogens is 400 g/mol. The first kappa shape index (κ1) is 20.9. The number of methoxy groups -OCH3 is 1. The summed E-state index contributed by atoms with van der Waals surface area (Å²) in [5.74, 6) is 0.664. The Balaban J connectivity index is 1.71. The molecule has 2 aromatic carbocycles. The number of piperidine rings is 1. The smallest absolute Gasteiger partial charge is 0.262 e. The number of carbonyl (C=O) groups excluding carboxylic acids is 1.